The molecule has 0 spiro atoms. The van der Waals surface area contributed by atoms with E-state index >= 15 is 0 Å². The highest BCUT2D eigenvalue weighted by molar-refractivity contribution is 9.09. The van der Waals surface area contributed by atoms with Crippen molar-refractivity contribution in [3.63, 3.8) is 0 Å². The Bertz CT molecular complexity index is 546. The molecule has 0 N–H and O–H groups in total. The lowest BCUT2D eigenvalue weighted by atomic mass is 10.3. The molecule has 0 aromatic carbocycles. The van der Waals surface area contributed by atoms with E-state index in [2.05, 4.69) is 15.9 Å². The molecule has 5 nitrogen and oxygen atoms in total. The van der Waals surface area contributed by atoms with Crippen molar-refractivity contribution in [3.8, 4) is 0 Å². The summed E-state index contributed by atoms with van der Waals surface area (Å²) >= 11 is 3.53. The van der Waals surface area contributed by atoms with Crippen LogP contribution in [0.3, 0.4) is 0 Å². The Balaban J connectivity index is 2.81. The number of alkyl halides is 1. The monoisotopic (exact) mass is 287 g/mol. The van der Waals surface area contributed by atoms with Crippen LogP contribution < -0.4 is 16.1 Å². The molecule has 0 aliphatic carbocycles. The van der Waals surface area contributed by atoms with E-state index in [1.54, 1.807) is 11.6 Å². The summed E-state index contributed by atoms with van der Waals surface area (Å²) in [5, 5.41) is 0. The van der Waals surface area contributed by atoms with Crippen LogP contribution in [0.1, 0.15) is 12.6 Å². The first-order valence-electron chi connectivity index (χ1n) is 5.18. The zero-order valence-corrected chi connectivity index (χ0v) is 11.1. The Morgan fingerprint density at radius 3 is 2.50 bits per heavy atom. The number of fused-ring (bicyclic) bond motifs is 1. The maximum absolute atomic E-state index is 12.0. The van der Waals surface area contributed by atoms with E-state index in [0.717, 1.165) is 16.8 Å². The predicted octanol–water partition coefficient (Wildman–Crippen LogP) is 0.187. The van der Waals surface area contributed by atoms with Gasteiger partial charge in [0.2, 0.25) is 0 Å². The van der Waals surface area contributed by atoms with Crippen LogP contribution in [0.4, 0.5) is 5.69 Å². The van der Waals surface area contributed by atoms with Crippen LogP contribution in [0.25, 0.3) is 0 Å². The molecule has 0 radical (unpaired) electrons. The first-order valence-corrected chi connectivity index (χ1v) is 6.10. The number of halogens is 1. The molecular formula is C10H14BrN3O2. The normalized spacial score (nSPS) is 19.0. The molecular weight excluding hydrogens is 274 g/mol. The van der Waals surface area contributed by atoms with Gasteiger partial charge in [0.1, 0.15) is 5.69 Å². The van der Waals surface area contributed by atoms with E-state index in [1.165, 1.54) is 7.05 Å². The van der Waals surface area contributed by atoms with Crippen LogP contribution in [0.15, 0.2) is 9.59 Å². The van der Waals surface area contributed by atoms with Crippen LogP contribution in [0.2, 0.25) is 0 Å². The zero-order chi connectivity index (χ0) is 12.0. The van der Waals surface area contributed by atoms with Gasteiger partial charge in [-0.2, -0.15) is 0 Å². The molecule has 1 unspecified atom stereocenters. The summed E-state index contributed by atoms with van der Waals surface area (Å²) in [6, 6.07) is 0. The maximum Gasteiger partial charge on any atom is 0.330 e. The Kier molecular flexibility index (Phi) is 2.69. The van der Waals surface area contributed by atoms with Gasteiger partial charge in [0.15, 0.2) is 0 Å². The summed E-state index contributed by atoms with van der Waals surface area (Å²) in [4.78, 5) is 25.9. The molecule has 1 aliphatic heterocycles. The van der Waals surface area contributed by atoms with Gasteiger partial charge in [0.05, 0.1) is 10.6 Å². The third-order valence-electron chi connectivity index (χ3n) is 3.09. The second-order valence-electron chi connectivity index (χ2n) is 3.93. The topological polar surface area (TPSA) is 47.2 Å². The minimum atomic E-state index is -0.263. The maximum atomic E-state index is 12.0. The minimum absolute atomic E-state index is 0.105. The van der Waals surface area contributed by atoms with Gasteiger partial charge in [-0.3, -0.25) is 13.9 Å². The first kappa shape index (κ1) is 11.4. The van der Waals surface area contributed by atoms with Crippen LogP contribution in [-0.4, -0.2) is 20.6 Å². The molecule has 6 heteroatoms. The molecule has 16 heavy (non-hydrogen) atoms. The third-order valence-corrected chi connectivity index (χ3v) is 3.91. The highest BCUT2D eigenvalue weighted by Crippen LogP contribution is 2.30. The van der Waals surface area contributed by atoms with E-state index < -0.39 is 0 Å². The quantitative estimate of drug-likeness (QED) is 0.547. The highest BCUT2D eigenvalue weighted by Gasteiger charge is 2.32. The molecule has 0 saturated heterocycles. The van der Waals surface area contributed by atoms with E-state index in [-0.39, 0.29) is 16.2 Å². The number of anilines is 1. The molecule has 0 amide bonds. The van der Waals surface area contributed by atoms with Gasteiger partial charge in [0.25, 0.3) is 5.56 Å². The van der Waals surface area contributed by atoms with Gasteiger partial charge < -0.3 is 4.90 Å². The molecule has 0 saturated carbocycles. The second-order valence-corrected chi connectivity index (χ2v) is 4.98. The largest absolute Gasteiger partial charge is 0.353 e. The average molecular weight is 288 g/mol. The molecule has 1 aromatic rings. The van der Waals surface area contributed by atoms with Crippen molar-refractivity contribution in [2.45, 2.75) is 18.3 Å². The Morgan fingerprint density at radius 1 is 1.31 bits per heavy atom. The van der Waals surface area contributed by atoms with Crippen LogP contribution in [0, 0.1) is 0 Å². The van der Waals surface area contributed by atoms with Crippen molar-refractivity contribution in [2.24, 2.45) is 14.1 Å². The summed E-state index contributed by atoms with van der Waals surface area (Å²) < 4.78 is 2.72. The summed E-state index contributed by atoms with van der Waals surface area (Å²) in [5.41, 5.74) is 0.995. The molecule has 88 valence electrons. The molecule has 2 heterocycles. The summed E-state index contributed by atoms with van der Waals surface area (Å²) in [7, 11) is 3.22. The number of likely N-dealkylation sites (N-methyl/N-ethyl adjacent to an activating group) is 1. The minimum Gasteiger partial charge on any atom is -0.353 e. The van der Waals surface area contributed by atoms with E-state index in [4.69, 9.17) is 0 Å². The van der Waals surface area contributed by atoms with Crippen LogP contribution >= 0.6 is 15.9 Å². The fourth-order valence-corrected chi connectivity index (χ4v) is 2.96. The van der Waals surface area contributed by atoms with E-state index in [1.807, 2.05) is 11.8 Å². The van der Waals surface area contributed by atoms with Crippen molar-refractivity contribution in [3.05, 3.63) is 26.5 Å². The Morgan fingerprint density at radius 2 is 1.94 bits per heavy atom. The second kappa shape index (κ2) is 3.76. The highest BCUT2D eigenvalue weighted by atomic mass is 79.9. The molecule has 0 fully saturated rings. The summed E-state index contributed by atoms with van der Waals surface area (Å²) in [5.74, 6) is 0. The third kappa shape index (κ3) is 1.36. The lowest BCUT2D eigenvalue weighted by Crippen LogP contribution is -2.40. The van der Waals surface area contributed by atoms with Crippen LogP contribution in [0.5, 0.6) is 0 Å². The van der Waals surface area contributed by atoms with Gasteiger partial charge in [-0.25, -0.2) is 4.79 Å². The number of rotatable bonds is 1. The van der Waals surface area contributed by atoms with Crippen molar-refractivity contribution in [1.82, 2.24) is 9.13 Å². The van der Waals surface area contributed by atoms with Crippen molar-refractivity contribution >= 4 is 21.6 Å². The molecule has 0 bridgehead atoms. The molecule has 2 rings (SSSR count). The molecule has 1 aromatic heterocycles. The van der Waals surface area contributed by atoms with Gasteiger partial charge in [-0.15, -0.1) is 0 Å². The average Bonchev–Trinajstić information content (AvgIpc) is 2.60. The van der Waals surface area contributed by atoms with Crippen LogP contribution in [-0.2, 0) is 20.5 Å². The van der Waals surface area contributed by atoms with Gasteiger partial charge in [-0.05, 0) is 6.92 Å². The lowest BCUT2D eigenvalue weighted by Gasteiger charge is -2.20. The zero-order valence-electron chi connectivity index (χ0n) is 9.53. The number of hydrogen-bond acceptors (Lipinski definition) is 3. The Labute approximate surface area is 101 Å². The van der Waals surface area contributed by atoms with Crippen molar-refractivity contribution < 1.29 is 0 Å². The van der Waals surface area contributed by atoms with Crippen molar-refractivity contribution in [2.75, 3.05) is 11.4 Å². The standard InChI is InChI=1S/C10H14BrN3O2/c1-4-14-7(11)5-6-8(14)9(15)13(3)10(16)12(6)2/h7H,4-5H2,1-3H3. The molecule has 1 atom stereocenters. The fraction of sp³-hybridized carbons (Fsp3) is 0.600. The van der Waals surface area contributed by atoms with Gasteiger partial charge in [0, 0.05) is 27.1 Å². The van der Waals surface area contributed by atoms with Gasteiger partial charge >= 0.3 is 5.69 Å². The number of aromatic nitrogens is 2. The SMILES string of the molecule is CCN1c2c(n(C)c(=O)n(C)c2=O)CC1Br. The lowest BCUT2D eigenvalue weighted by molar-refractivity contribution is 0.666. The fourth-order valence-electron chi connectivity index (χ4n) is 2.16. The first-order chi connectivity index (χ1) is 7.49. The summed E-state index contributed by atoms with van der Waals surface area (Å²) in [6.07, 6.45) is 0.686. The van der Waals surface area contributed by atoms with Crippen molar-refractivity contribution in [1.29, 1.82) is 0 Å². The number of nitrogens with zero attached hydrogens (tertiary/aromatic N) is 3. The molecule has 1 aliphatic rings. The smallest absolute Gasteiger partial charge is 0.330 e. The summed E-state index contributed by atoms with van der Waals surface area (Å²) in [6.45, 7) is 2.74. The van der Waals surface area contributed by atoms with Gasteiger partial charge in [-0.1, -0.05) is 15.9 Å². The van der Waals surface area contributed by atoms with E-state index in [0.29, 0.717) is 12.1 Å². The van der Waals surface area contributed by atoms with E-state index in [9.17, 15) is 9.59 Å². The number of hydrogen-bond donors (Lipinski definition) is 0. The Hall–Kier alpha value is -1.04. The predicted molar refractivity (Wildman–Crippen MR) is 66.4 cm³/mol.